The third kappa shape index (κ3) is 2.98. The van der Waals surface area contributed by atoms with E-state index >= 15 is 0 Å². The molecule has 0 saturated carbocycles. The molecule has 0 fully saturated rings. The van der Waals surface area contributed by atoms with Crippen LogP contribution in [0.4, 0.5) is 0 Å². The van der Waals surface area contributed by atoms with Crippen molar-refractivity contribution in [3.8, 4) is 46.2 Å². The summed E-state index contributed by atoms with van der Waals surface area (Å²) in [5.41, 5.74) is 7.78. The van der Waals surface area contributed by atoms with Crippen LogP contribution in [-0.2, 0) is 6.54 Å². The molecule has 0 N–H and O–H groups in total. The van der Waals surface area contributed by atoms with E-state index in [1.54, 1.807) is 0 Å². The predicted molar refractivity (Wildman–Crippen MR) is 106 cm³/mol. The van der Waals surface area contributed by atoms with Gasteiger partial charge in [0.15, 0.2) is 5.82 Å². The highest BCUT2D eigenvalue weighted by molar-refractivity contribution is 5.71. The minimum absolute atomic E-state index is 0.531. The van der Waals surface area contributed by atoms with Crippen molar-refractivity contribution in [1.82, 2.24) is 14.5 Å². The van der Waals surface area contributed by atoms with Crippen LogP contribution in [0.2, 0.25) is 0 Å². The molecular weight excluding hydrogens is 318 g/mol. The van der Waals surface area contributed by atoms with Gasteiger partial charge < -0.3 is 4.57 Å². The van der Waals surface area contributed by atoms with Gasteiger partial charge in [-0.15, -0.1) is 6.42 Å². The summed E-state index contributed by atoms with van der Waals surface area (Å²) in [6.45, 7) is 4.80. The van der Waals surface area contributed by atoms with Gasteiger partial charge in [-0.25, -0.2) is 9.97 Å². The molecule has 2 heterocycles. The topological polar surface area (TPSA) is 30.7 Å². The summed E-state index contributed by atoms with van der Waals surface area (Å²) in [5.74, 6) is 3.37. The van der Waals surface area contributed by atoms with Crippen LogP contribution >= 0.6 is 0 Å². The summed E-state index contributed by atoms with van der Waals surface area (Å²) < 4.78 is 1.93. The maximum Gasteiger partial charge on any atom is 0.160 e. The lowest BCUT2D eigenvalue weighted by Gasteiger charge is -2.06. The Hall–Kier alpha value is -3.38. The van der Waals surface area contributed by atoms with Gasteiger partial charge in [-0.1, -0.05) is 48.4 Å². The average molecular weight is 337 g/mol. The number of rotatable bonds is 3. The molecule has 0 aromatic heterocycles. The van der Waals surface area contributed by atoms with Crippen molar-refractivity contribution in [1.29, 1.82) is 0 Å². The number of hydrogen-bond donors (Lipinski definition) is 0. The molecule has 3 heteroatoms. The maximum atomic E-state index is 5.37. The molecule has 0 saturated heterocycles. The molecule has 0 spiro atoms. The highest BCUT2D eigenvalue weighted by atomic mass is 15.0. The van der Waals surface area contributed by atoms with Gasteiger partial charge >= 0.3 is 0 Å². The lowest BCUT2D eigenvalue weighted by atomic mass is 9.99. The second kappa shape index (κ2) is 6.50. The zero-order valence-electron chi connectivity index (χ0n) is 14.9. The SMILES string of the molecule is C#CCn1ccc2nc(-c3ccc(-c4ccc(C)c(C)c4)cc3)nc-2c1. The minimum Gasteiger partial charge on any atom is -0.341 e. The van der Waals surface area contributed by atoms with Gasteiger partial charge in [-0.3, -0.25) is 0 Å². The number of hydrogen-bond acceptors (Lipinski definition) is 2. The van der Waals surface area contributed by atoms with Crippen molar-refractivity contribution in [2.75, 3.05) is 0 Å². The van der Waals surface area contributed by atoms with Crippen LogP contribution in [0, 0.1) is 26.2 Å². The first kappa shape index (κ1) is 16.1. The Labute approximate surface area is 153 Å². The standard InChI is InChI=1S/C23H19N3/c1-4-12-26-13-11-21-22(15-26)25-23(24-21)19-9-7-18(8-10-19)20-6-5-16(2)17(3)14-20/h1,5-11,13-15H,12H2,2-3H3. The largest absolute Gasteiger partial charge is 0.341 e. The third-order valence-corrected chi connectivity index (χ3v) is 4.68. The molecule has 2 aromatic rings. The third-order valence-electron chi connectivity index (χ3n) is 4.68. The normalized spacial score (nSPS) is 10.8. The number of imidazole rings is 1. The molecule has 0 amide bonds. The van der Waals surface area contributed by atoms with E-state index in [1.807, 2.05) is 23.0 Å². The Bertz CT molecular complexity index is 1080. The van der Waals surface area contributed by atoms with E-state index in [0.29, 0.717) is 6.54 Å². The Balaban J connectivity index is 1.66. The van der Waals surface area contributed by atoms with Crippen molar-refractivity contribution in [3.05, 3.63) is 72.1 Å². The molecule has 0 bridgehead atoms. The van der Waals surface area contributed by atoms with E-state index in [1.165, 1.54) is 22.3 Å². The smallest absolute Gasteiger partial charge is 0.160 e. The Morgan fingerprint density at radius 1 is 0.846 bits per heavy atom. The fraction of sp³-hybridized carbons (Fsp3) is 0.130. The van der Waals surface area contributed by atoms with E-state index in [0.717, 1.165) is 22.8 Å². The summed E-state index contributed by atoms with van der Waals surface area (Å²) in [6, 6.07) is 16.9. The van der Waals surface area contributed by atoms with Crippen LogP contribution in [0.1, 0.15) is 11.1 Å². The molecule has 0 atom stereocenters. The van der Waals surface area contributed by atoms with Gasteiger partial charge in [-0.2, -0.15) is 0 Å². The second-order valence-corrected chi connectivity index (χ2v) is 6.52. The van der Waals surface area contributed by atoms with Crippen LogP contribution < -0.4 is 0 Å². The number of aryl methyl sites for hydroxylation is 2. The maximum absolute atomic E-state index is 5.37. The Kier molecular flexibility index (Phi) is 4.02. The molecule has 2 aromatic carbocycles. The number of pyridine rings is 1. The molecule has 0 radical (unpaired) electrons. The van der Waals surface area contributed by atoms with Crippen molar-refractivity contribution < 1.29 is 0 Å². The molecule has 2 aliphatic heterocycles. The van der Waals surface area contributed by atoms with Gasteiger partial charge in [0.05, 0.1) is 12.2 Å². The minimum atomic E-state index is 0.531. The first-order valence-electron chi connectivity index (χ1n) is 8.59. The fourth-order valence-corrected chi connectivity index (χ4v) is 3.02. The van der Waals surface area contributed by atoms with Crippen molar-refractivity contribution in [3.63, 3.8) is 0 Å². The van der Waals surface area contributed by atoms with Gasteiger partial charge in [0.2, 0.25) is 0 Å². The first-order chi connectivity index (χ1) is 12.6. The van der Waals surface area contributed by atoms with Crippen molar-refractivity contribution in [2.24, 2.45) is 0 Å². The first-order valence-corrected chi connectivity index (χ1v) is 8.59. The van der Waals surface area contributed by atoms with E-state index in [4.69, 9.17) is 6.42 Å². The van der Waals surface area contributed by atoms with Gasteiger partial charge in [0.25, 0.3) is 0 Å². The molecule has 26 heavy (non-hydrogen) atoms. The summed E-state index contributed by atoms with van der Waals surface area (Å²) in [6.07, 6.45) is 9.25. The van der Waals surface area contributed by atoms with E-state index in [9.17, 15) is 0 Å². The number of fused-ring (bicyclic) bond motifs is 1. The fourth-order valence-electron chi connectivity index (χ4n) is 3.02. The monoisotopic (exact) mass is 337 g/mol. The second-order valence-electron chi connectivity index (χ2n) is 6.52. The summed E-state index contributed by atoms with van der Waals surface area (Å²) in [4.78, 5) is 9.29. The Morgan fingerprint density at radius 2 is 1.54 bits per heavy atom. The van der Waals surface area contributed by atoms with Crippen LogP contribution in [0.3, 0.4) is 0 Å². The van der Waals surface area contributed by atoms with Crippen LogP contribution in [-0.4, -0.2) is 14.5 Å². The zero-order valence-corrected chi connectivity index (χ0v) is 14.9. The highest BCUT2D eigenvalue weighted by Crippen LogP contribution is 2.28. The molecular formula is C23H19N3. The molecule has 4 rings (SSSR count). The van der Waals surface area contributed by atoms with Gasteiger partial charge in [-0.05, 0) is 42.2 Å². The average Bonchev–Trinajstić information content (AvgIpc) is 3.08. The summed E-state index contributed by atoms with van der Waals surface area (Å²) in [5, 5.41) is 0. The van der Waals surface area contributed by atoms with Gasteiger partial charge in [0, 0.05) is 18.0 Å². The molecule has 126 valence electrons. The molecule has 0 aliphatic carbocycles. The van der Waals surface area contributed by atoms with Crippen molar-refractivity contribution in [2.45, 2.75) is 20.4 Å². The molecule has 2 aliphatic rings. The summed E-state index contributed by atoms with van der Waals surface area (Å²) >= 11 is 0. The van der Waals surface area contributed by atoms with E-state index in [-0.39, 0.29) is 0 Å². The van der Waals surface area contributed by atoms with Crippen LogP contribution in [0.5, 0.6) is 0 Å². The highest BCUT2D eigenvalue weighted by Gasteiger charge is 2.12. The van der Waals surface area contributed by atoms with E-state index in [2.05, 4.69) is 72.2 Å². The van der Waals surface area contributed by atoms with Gasteiger partial charge in [0.1, 0.15) is 5.69 Å². The molecule has 0 unspecified atom stereocenters. The van der Waals surface area contributed by atoms with E-state index < -0.39 is 0 Å². The van der Waals surface area contributed by atoms with Crippen molar-refractivity contribution >= 4 is 0 Å². The quantitative estimate of drug-likeness (QED) is 0.494. The number of benzene rings is 2. The Morgan fingerprint density at radius 3 is 2.27 bits per heavy atom. The lowest BCUT2D eigenvalue weighted by Crippen LogP contribution is -1.96. The van der Waals surface area contributed by atoms with Crippen LogP contribution in [0.15, 0.2) is 60.9 Å². The van der Waals surface area contributed by atoms with Crippen LogP contribution in [0.25, 0.3) is 33.9 Å². The number of aromatic nitrogens is 3. The number of nitrogens with zero attached hydrogens (tertiary/aromatic N) is 3. The lowest BCUT2D eigenvalue weighted by molar-refractivity contribution is 0.831. The summed E-state index contributed by atoms with van der Waals surface area (Å²) in [7, 11) is 0. The zero-order chi connectivity index (χ0) is 18.1. The molecule has 3 nitrogen and oxygen atoms in total. The number of terminal acetylenes is 1. The predicted octanol–water partition coefficient (Wildman–Crippen LogP) is 4.97.